The number of aliphatic carboxylic acids is 1. The van der Waals surface area contributed by atoms with Gasteiger partial charge in [-0.1, -0.05) is 36.4 Å². The number of nitrogens with one attached hydrogen (secondary N) is 2. The van der Waals surface area contributed by atoms with Crippen LogP contribution in [0.4, 0.5) is 10.6 Å². The molecule has 0 radical (unpaired) electrons. The number of amides is 3. The van der Waals surface area contributed by atoms with E-state index in [2.05, 4.69) is 25.6 Å². The van der Waals surface area contributed by atoms with Crippen molar-refractivity contribution in [1.29, 1.82) is 0 Å². The summed E-state index contributed by atoms with van der Waals surface area (Å²) in [5, 5.41) is 15.0. The van der Waals surface area contributed by atoms with Crippen molar-refractivity contribution >= 4 is 41.0 Å². The highest BCUT2D eigenvalue weighted by atomic mass is 16.8. The molecule has 4 unspecified atom stereocenters. The molecular weight excluding hydrogens is 534 g/mol. The van der Waals surface area contributed by atoms with Crippen molar-refractivity contribution in [1.82, 2.24) is 29.7 Å². The minimum Gasteiger partial charge on any atom is -0.480 e. The van der Waals surface area contributed by atoms with Gasteiger partial charge in [-0.15, -0.1) is 0 Å². The summed E-state index contributed by atoms with van der Waals surface area (Å²) in [6.45, 7) is 2.54. The average molecular weight is 564 g/mol. The highest BCUT2D eigenvalue weighted by Gasteiger charge is 2.57. The Balaban J connectivity index is 1.31. The summed E-state index contributed by atoms with van der Waals surface area (Å²) in [6, 6.07) is 8.26. The Kier molecular flexibility index (Phi) is 7.34. The third-order valence-corrected chi connectivity index (χ3v) is 7.28. The molecule has 5 heterocycles. The lowest BCUT2D eigenvalue weighted by molar-refractivity contribution is -0.165. The topological polar surface area (TPSA) is 170 Å². The van der Waals surface area contributed by atoms with Crippen molar-refractivity contribution in [2.75, 3.05) is 18.4 Å². The highest BCUT2D eigenvalue weighted by Crippen LogP contribution is 2.42. The first-order valence-electron chi connectivity index (χ1n) is 13.4. The van der Waals surface area contributed by atoms with Crippen molar-refractivity contribution in [3.63, 3.8) is 0 Å². The molecule has 3 aromatic rings. The van der Waals surface area contributed by atoms with Gasteiger partial charge in [0.25, 0.3) is 5.91 Å². The smallest absolute Gasteiger partial charge is 0.326 e. The van der Waals surface area contributed by atoms with Crippen LogP contribution in [0.2, 0.25) is 0 Å². The molecule has 1 aromatic carbocycles. The molecule has 0 aliphatic carbocycles. The summed E-state index contributed by atoms with van der Waals surface area (Å²) in [5.74, 6) is -1.32. The number of anilines is 1. The van der Waals surface area contributed by atoms with E-state index in [0.29, 0.717) is 37.1 Å². The molecule has 214 valence electrons. The van der Waals surface area contributed by atoms with Crippen LogP contribution >= 0.6 is 0 Å². The number of hydrogen-bond acceptors (Lipinski definition) is 9. The van der Waals surface area contributed by atoms with Crippen LogP contribution < -0.4 is 10.6 Å². The zero-order chi connectivity index (χ0) is 28.5. The molecule has 3 N–H and O–H groups in total. The minimum atomic E-state index is -1.12. The first-order valence-corrected chi connectivity index (χ1v) is 13.4. The van der Waals surface area contributed by atoms with Crippen molar-refractivity contribution in [3.05, 3.63) is 54.6 Å². The zero-order valence-electron chi connectivity index (χ0n) is 22.1. The molecule has 6 rings (SSSR count). The van der Waals surface area contributed by atoms with Crippen LogP contribution in [0.1, 0.15) is 31.6 Å². The van der Waals surface area contributed by atoms with E-state index in [0.717, 1.165) is 5.56 Å². The van der Waals surface area contributed by atoms with Crippen LogP contribution in [0.5, 0.6) is 0 Å². The number of likely N-dealkylation sites (tertiary alicyclic amines) is 1. The lowest BCUT2D eigenvalue weighted by Gasteiger charge is -2.26. The summed E-state index contributed by atoms with van der Waals surface area (Å²) in [5.41, 5.74) is 1.61. The summed E-state index contributed by atoms with van der Waals surface area (Å²) in [7, 11) is 0. The van der Waals surface area contributed by atoms with Crippen molar-refractivity contribution < 1.29 is 33.7 Å². The fraction of sp³-hybridized carbons (Fsp3) is 0.407. The van der Waals surface area contributed by atoms with E-state index in [1.807, 2.05) is 36.4 Å². The van der Waals surface area contributed by atoms with E-state index >= 15 is 0 Å². The van der Waals surface area contributed by atoms with Gasteiger partial charge in [-0.05, 0) is 31.4 Å². The third-order valence-electron chi connectivity index (χ3n) is 7.28. The quantitative estimate of drug-likeness (QED) is 0.385. The number of imidazole rings is 1. The number of carboxylic acid groups (broad SMARTS) is 1. The summed E-state index contributed by atoms with van der Waals surface area (Å²) in [6.07, 6.45) is 2.99. The highest BCUT2D eigenvalue weighted by molar-refractivity contribution is 5.95. The Morgan fingerprint density at radius 2 is 1.90 bits per heavy atom. The number of rotatable bonds is 7. The molecule has 3 saturated heterocycles. The zero-order valence-corrected chi connectivity index (χ0v) is 22.1. The number of carboxylic acids is 1. The number of aromatic nitrogens is 4. The van der Waals surface area contributed by atoms with E-state index in [9.17, 15) is 19.5 Å². The van der Waals surface area contributed by atoms with Crippen LogP contribution in [-0.4, -0.2) is 91.2 Å². The number of hydrogen-bond donors (Lipinski definition) is 3. The predicted molar refractivity (Wildman–Crippen MR) is 143 cm³/mol. The normalized spacial score (nSPS) is 27.4. The molecule has 2 aromatic heterocycles. The van der Waals surface area contributed by atoms with E-state index in [-0.39, 0.29) is 5.82 Å². The van der Waals surface area contributed by atoms with Gasteiger partial charge in [-0.2, -0.15) is 0 Å². The number of benzene rings is 1. The molecule has 3 fully saturated rings. The SMILES string of the molecule is CCNC(=O)Nc1ncnc2c1ncn2C1OC(C(=O)N2CCC[C@H]2C(=O)O)C2O[C@H](/C=C/c3ccccc3)OC21. The second-order valence-corrected chi connectivity index (χ2v) is 9.85. The van der Waals surface area contributed by atoms with Crippen molar-refractivity contribution in [2.45, 2.75) is 56.6 Å². The van der Waals surface area contributed by atoms with Crippen molar-refractivity contribution in [3.8, 4) is 0 Å². The maximum absolute atomic E-state index is 13.7. The molecule has 0 saturated carbocycles. The molecule has 3 amide bonds. The van der Waals surface area contributed by atoms with E-state index < -0.39 is 54.8 Å². The van der Waals surface area contributed by atoms with Gasteiger partial charge in [-0.3, -0.25) is 14.7 Å². The molecule has 6 atom stereocenters. The minimum absolute atomic E-state index is 0.204. The Morgan fingerprint density at radius 3 is 2.68 bits per heavy atom. The molecule has 14 nitrogen and oxygen atoms in total. The van der Waals surface area contributed by atoms with Crippen LogP contribution in [0.15, 0.2) is 49.1 Å². The average Bonchev–Trinajstić information content (AvgIpc) is 3.76. The summed E-state index contributed by atoms with van der Waals surface area (Å²) < 4.78 is 20.3. The molecule has 0 bridgehead atoms. The molecule has 41 heavy (non-hydrogen) atoms. The fourth-order valence-electron chi connectivity index (χ4n) is 5.43. The summed E-state index contributed by atoms with van der Waals surface area (Å²) in [4.78, 5) is 51.8. The van der Waals surface area contributed by atoms with Gasteiger partial charge in [0.05, 0.1) is 6.33 Å². The van der Waals surface area contributed by atoms with Crippen molar-refractivity contribution in [2.24, 2.45) is 0 Å². The van der Waals surface area contributed by atoms with Gasteiger partial charge in [0.1, 0.15) is 24.6 Å². The maximum atomic E-state index is 13.7. The lowest BCUT2D eigenvalue weighted by atomic mass is 10.1. The van der Waals surface area contributed by atoms with Crippen LogP contribution in [0.25, 0.3) is 17.2 Å². The number of nitrogens with zero attached hydrogens (tertiary/aromatic N) is 5. The Morgan fingerprint density at radius 1 is 1.10 bits per heavy atom. The number of carbonyl (C=O) groups excluding carboxylic acids is 2. The number of carbonyl (C=O) groups is 3. The first-order chi connectivity index (χ1) is 19.9. The molecule has 0 spiro atoms. The number of fused-ring (bicyclic) bond motifs is 2. The second-order valence-electron chi connectivity index (χ2n) is 9.85. The van der Waals surface area contributed by atoms with E-state index in [4.69, 9.17) is 14.2 Å². The Hall–Kier alpha value is -4.40. The van der Waals surface area contributed by atoms with Gasteiger partial charge < -0.3 is 29.5 Å². The largest absolute Gasteiger partial charge is 0.480 e. The first kappa shape index (κ1) is 26.8. The molecule has 3 aliphatic rings. The lowest BCUT2D eigenvalue weighted by Crippen LogP contribution is -2.49. The van der Waals surface area contributed by atoms with Gasteiger partial charge >= 0.3 is 12.0 Å². The maximum Gasteiger partial charge on any atom is 0.326 e. The monoisotopic (exact) mass is 563 g/mol. The van der Waals surface area contributed by atoms with Gasteiger partial charge in [0.2, 0.25) is 0 Å². The molecular formula is C27H29N7O7. The Bertz CT molecular complexity index is 1480. The van der Waals surface area contributed by atoms with Gasteiger partial charge in [-0.25, -0.2) is 24.5 Å². The van der Waals surface area contributed by atoms with E-state index in [1.165, 1.54) is 17.6 Å². The third kappa shape index (κ3) is 5.12. The van der Waals surface area contributed by atoms with Crippen LogP contribution in [0.3, 0.4) is 0 Å². The van der Waals surface area contributed by atoms with E-state index in [1.54, 1.807) is 17.6 Å². The van der Waals surface area contributed by atoms with Crippen LogP contribution in [-0.2, 0) is 23.8 Å². The number of ether oxygens (including phenoxy) is 3. The van der Waals surface area contributed by atoms with Crippen LogP contribution in [0, 0.1) is 0 Å². The fourth-order valence-corrected chi connectivity index (χ4v) is 5.43. The summed E-state index contributed by atoms with van der Waals surface area (Å²) >= 11 is 0. The molecule has 3 aliphatic heterocycles. The Labute approximate surface area is 234 Å². The molecule has 14 heteroatoms. The second kappa shape index (κ2) is 11.2. The standard InChI is InChI=1S/C27H29N7O7/c1-2-28-27(38)32-22-18-23(30-13-29-22)34(14-31-18)25-21-19(39-17(40-21)11-10-15-7-4-3-5-8-15)20(41-25)24(35)33-12-6-9-16(33)26(36)37/h3-5,7-8,10-11,13-14,16-17,19-21,25H,2,6,9,12H2,1H3,(H,36,37)(H2,28,29,30,32,38)/b11-10+/t16-,17-,19?,20?,21?,25?/m0/s1. The predicted octanol–water partition coefficient (Wildman–Crippen LogP) is 1.76. The van der Waals surface area contributed by atoms with Gasteiger partial charge in [0, 0.05) is 13.1 Å². The number of urea groups is 1. The van der Waals surface area contributed by atoms with Gasteiger partial charge in [0.15, 0.2) is 35.6 Å².